The van der Waals surface area contributed by atoms with Crippen molar-refractivity contribution in [2.24, 2.45) is 0 Å². The van der Waals surface area contributed by atoms with Gasteiger partial charge in [-0.3, -0.25) is 0 Å². The van der Waals surface area contributed by atoms with E-state index in [2.05, 4.69) is 45.0 Å². The van der Waals surface area contributed by atoms with E-state index in [1.807, 2.05) is 0 Å². The van der Waals surface area contributed by atoms with Crippen molar-refractivity contribution >= 4 is 0 Å². The molecule has 0 aromatic rings. The molecule has 0 radical (unpaired) electrons. The van der Waals surface area contributed by atoms with Gasteiger partial charge in [0, 0.05) is 24.7 Å². The van der Waals surface area contributed by atoms with Crippen molar-refractivity contribution < 1.29 is 4.74 Å². The molecule has 1 aliphatic carbocycles. The van der Waals surface area contributed by atoms with E-state index in [-0.39, 0.29) is 5.54 Å². The third-order valence-corrected chi connectivity index (χ3v) is 3.44. The number of nitrogens with one attached hydrogen (secondary N) is 1. The third-order valence-electron chi connectivity index (χ3n) is 3.44. The fraction of sp³-hybridized carbons (Fsp3) is 1.00. The highest BCUT2D eigenvalue weighted by Crippen LogP contribution is 2.24. The summed E-state index contributed by atoms with van der Waals surface area (Å²) in [7, 11) is 2.21. The maximum Gasteiger partial charge on any atom is 0.0700 e. The van der Waals surface area contributed by atoms with Gasteiger partial charge < -0.3 is 15.0 Å². The van der Waals surface area contributed by atoms with Gasteiger partial charge in [-0.25, -0.2) is 0 Å². The molecule has 1 saturated carbocycles. The number of rotatable bonds is 9. The topological polar surface area (TPSA) is 24.5 Å². The smallest absolute Gasteiger partial charge is 0.0700 e. The molecule has 3 heteroatoms. The van der Waals surface area contributed by atoms with Crippen LogP contribution in [0.5, 0.6) is 0 Å². The lowest BCUT2D eigenvalue weighted by Crippen LogP contribution is -2.42. The van der Waals surface area contributed by atoms with Crippen LogP contribution in [0.2, 0.25) is 0 Å². The van der Waals surface area contributed by atoms with Gasteiger partial charge >= 0.3 is 0 Å². The number of likely N-dealkylation sites (N-methyl/N-ethyl adjacent to an activating group) is 1. The number of hydrogen-bond donors (Lipinski definition) is 1. The SMILES string of the molecule is CCCC(CNC(C)(C)C)OCCN(C)C1CC1. The third kappa shape index (κ3) is 7.34. The van der Waals surface area contributed by atoms with Gasteiger partial charge in [0.1, 0.15) is 0 Å². The number of nitrogens with zero attached hydrogens (tertiary/aromatic N) is 1. The highest BCUT2D eigenvalue weighted by atomic mass is 16.5. The molecule has 1 fully saturated rings. The Morgan fingerprint density at radius 1 is 1.33 bits per heavy atom. The molecule has 108 valence electrons. The molecule has 3 nitrogen and oxygen atoms in total. The fourth-order valence-electron chi connectivity index (χ4n) is 2.05. The molecular weight excluding hydrogens is 224 g/mol. The highest BCUT2D eigenvalue weighted by molar-refractivity contribution is 4.82. The van der Waals surface area contributed by atoms with Crippen LogP contribution < -0.4 is 5.32 Å². The van der Waals surface area contributed by atoms with Crippen LogP contribution in [-0.4, -0.2) is 49.3 Å². The van der Waals surface area contributed by atoms with Crippen LogP contribution in [0.25, 0.3) is 0 Å². The van der Waals surface area contributed by atoms with Crippen molar-refractivity contribution in [3.63, 3.8) is 0 Å². The second-order valence-corrected chi connectivity index (χ2v) is 6.62. The summed E-state index contributed by atoms with van der Waals surface area (Å²) < 4.78 is 6.02. The maximum absolute atomic E-state index is 6.02. The van der Waals surface area contributed by atoms with E-state index >= 15 is 0 Å². The molecule has 1 rings (SSSR count). The first-order chi connectivity index (χ1) is 8.42. The van der Waals surface area contributed by atoms with Gasteiger partial charge in [-0.15, -0.1) is 0 Å². The Labute approximate surface area is 113 Å². The predicted molar refractivity (Wildman–Crippen MR) is 78.1 cm³/mol. The summed E-state index contributed by atoms with van der Waals surface area (Å²) in [5, 5.41) is 3.54. The molecular formula is C15H32N2O. The Hall–Kier alpha value is -0.120. The monoisotopic (exact) mass is 256 g/mol. The minimum atomic E-state index is 0.181. The summed E-state index contributed by atoms with van der Waals surface area (Å²) in [5.74, 6) is 0. The van der Waals surface area contributed by atoms with Crippen molar-refractivity contribution in [3.8, 4) is 0 Å². The fourth-order valence-corrected chi connectivity index (χ4v) is 2.05. The Bertz CT molecular complexity index is 221. The molecule has 1 atom stereocenters. The largest absolute Gasteiger partial charge is 0.376 e. The molecule has 0 amide bonds. The summed E-state index contributed by atoms with van der Waals surface area (Å²) >= 11 is 0. The molecule has 1 unspecified atom stereocenters. The number of hydrogen-bond acceptors (Lipinski definition) is 3. The van der Waals surface area contributed by atoms with Crippen LogP contribution in [0.1, 0.15) is 53.4 Å². The summed E-state index contributed by atoms with van der Waals surface area (Å²) in [6, 6.07) is 0.839. The molecule has 0 spiro atoms. The summed E-state index contributed by atoms with van der Waals surface area (Å²) in [5.41, 5.74) is 0.181. The van der Waals surface area contributed by atoms with Crippen molar-refractivity contribution in [1.82, 2.24) is 10.2 Å². The quantitative estimate of drug-likeness (QED) is 0.686. The van der Waals surface area contributed by atoms with Crippen LogP contribution in [0, 0.1) is 0 Å². The van der Waals surface area contributed by atoms with Crippen molar-refractivity contribution in [1.29, 1.82) is 0 Å². The molecule has 0 aliphatic heterocycles. The van der Waals surface area contributed by atoms with Gasteiger partial charge in [0.05, 0.1) is 12.7 Å². The van der Waals surface area contributed by atoms with Crippen molar-refractivity contribution in [2.75, 3.05) is 26.7 Å². The molecule has 1 aliphatic rings. The van der Waals surface area contributed by atoms with E-state index in [0.29, 0.717) is 6.10 Å². The first-order valence-corrected chi connectivity index (χ1v) is 7.49. The first-order valence-electron chi connectivity index (χ1n) is 7.49. The number of ether oxygens (including phenoxy) is 1. The normalized spacial score (nSPS) is 18.3. The molecule has 18 heavy (non-hydrogen) atoms. The maximum atomic E-state index is 6.02. The van der Waals surface area contributed by atoms with E-state index in [1.165, 1.54) is 19.3 Å². The summed E-state index contributed by atoms with van der Waals surface area (Å²) in [6.45, 7) is 11.7. The van der Waals surface area contributed by atoms with Gasteiger partial charge in [-0.05, 0) is 47.1 Å². The van der Waals surface area contributed by atoms with Crippen LogP contribution >= 0.6 is 0 Å². The van der Waals surface area contributed by atoms with E-state index in [4.69, 9.17) is 4.74 Å². The van der Waals surface area contributed by atoms with Gasteiger partial charge in [-0.1, -0.05) is 13.3 Å². The lowest BCUT2D eigenvalue weighted by atomic mass is 10.1. The Morgan fingerprint density at radius 3 is 2.50 bits per heavy atom. The zero-order valence-corrected chi connectivity index (χ0v) is 13.0. The van der Waals surface area contributed by atoms with Crippen molar-refractivity contribution in [3.05, 3.63) is 0 Å². The van der Waals surface area contributed by atoms with Gasteiger partial charge in [0.2, 0.25) is 0 Å². The lowest BCUT2D eigenvalue weighted by molar-refractivity contribution is 0.0313. The average molecular weight is 256 g/mol. The van der Waals surface area contributed by atoms with Gasteiger partial charge in [-0.2, -0.15) is 0 Å². The van der Waals surface area contributed by atoms with Crippen LogP contribution in [0.15, 0.2) is 0 Å². The first kappa shape index (κ1) is 15.9. The zero-order valence-electron chi connectivity index (χ0n) is 13.0. The van der Waals surface area contributed by atoms with Gasteiger partial charge in [0.15, 0.2) is 0 Å². The van der Waals surface area contributed by atoms with Gasteiger partial charge in [0.25, 0.3) is 0 Å². The molecule has 0 bridgehead atoms. The minimum Gasteiger partial charge on any atom is -0.376 e. The Balaban J connectivity index is 2.15. The second-order valence-electron chi connectivity index (χ2n) is 6.62. The highest BCUT2D eigenvalue weighted by Gasteiger charge is 2.25. The van der Waals surface area contributed by atoms with E-state index < -0.39 is 0 Å². The lowest BCUT2D eigenvalue weighted by Gasteiger charge is -2.26. The van der Waals surface area contributed by atoms with E-state index in [0.717, 1.165) is 32.2 Å². The molecule has 0 aromatic carbocycles. The van der Waals surface area contributed by atoms with Crippen LogP contribution in [0.4, 0.5) is 0 Å². The zero-order chi connectivity index (χ0) is 13.6. The van der Waals surface area contributed by atoms with E-state index in [9.17, 15) is 0 Å². The standard InChI is InChI=1S/C15H32N2O/c1-6-7-14(12-16-15(2,3)4)18-11-10-17(5)13-8-9-13/h13-14,16H,6-12H2,1-5H3. The Morgan fingerprint density at radius 2 is 2.00 bits per heavy atom. The summed E-state index contributed by atoms with van der Waals surface area (Å²) in [4.78, 5) is 2.43. The molecule has 0 saturated heterocycles. The molecule has 1 N–H and O–H groups in total. The van der Waals surface area contributed by atoms with E-state index in [1.54, 1.807) is 0 Å². The average Bonchev–Trinajstić information content (AvgIpc) is 3.08. The molecule has 0 heterocycles. The van der Waals surface area contributed by atoms with Crippen LogP contribution in [0.3, 0.4) is 0 Å². The van der Waals surface area contributed by atoms with Crippen molar-refractivity contribution in [2.45, 2.75) is 71.1 Å². The van der Waals surface area contributed by atoms with Crippen LogP contribution in [-0.2, 0) is 4.74 Å². The predicted octanol–water partition coefficient (Wildman–Crippen LogP) is 2.65. The minimum absolute atomic E-state index is 0.181. The second kappa shape index (κ2) is 7.46. The Kier molecular flexibility index (Phi) is 6.61. The summed E-state index contributed by atoms with van der Waals surface area (Å²) in [6.07, 6.45) is 5.45. The molecule has 0 aromatic heterocycles.